The molecule has 0 nitrogen and oxygen atoms in total. The average molecular weight is 162 g/mol. The van der Waals surface area contributed by atoms with Gasteiger partial charge in [-0.1, -0.05) is 45.5 Å². The summed E-state index contributed by atoms with van der Waals surface area (Å²) in [5.74, 6) is 1.61. The summed E-state index contributed by atoms with van der Waals surface area (Å²) < 4.78 is 0. The number of hydrogen-bond donors (Lipinski definition) is 0. The Labute approximate surface area is 75.6 Å². The molecule has 2 rings (SSSR count). The van der Waals surface area contributed by atoms with Crippen LogP contribution >= 0.6 is 0 Å². The first kappa shape index (κ1) is 9.31. The summed E-state index contributed by atoms with van der Waals surface area (Å²) in [5, 5.41) is 0. The highest BCUT2D eigenvalue weighted by atomic mass is 14.3. The second kappa shape index (κ2) is 3.30. The minimum atomic E-state index is 0. The van der Waals surface area contributed by atoms with Crippen LogP contribution in [0.25, 0.3) is 0 Å². The first-order valence-electron chi connectivity index (χ1n) is 4.37. The predicted octanol–water partition coefficient (Wildman–Crippen LogP) is 3.62. The Morgan fingerprint density at radius 1 is 1.17 bits per heavy atom. The molecule has 2 atom stereocenters. The monoisotopic (exact) mass is 162 g/mol. The van der Waals surface area contributed by atoms with Crippen molar-refractivity contribution in [1.82, 2.24) is 0 Å². The van der Waals surface area contributed by atoms with Gasteiger partial charge in [0.25, 0.3) is 0 Å². The summed E-state index contributed by atoms with van der Waals surface area (Å²) in [6.07, 6.45) is 1.28. The van der Waals surface area contributed by atoms with E-state index in [4.69, 9.17) is 0 Å². The fourth-order valence-corrected chi connectivity index (χ4v) is 1.99. The van der Waals surface area contributed by atoms with Crippen LogP contribution in [0.4, 0.5) is 0 Å². The molecule has 1 aromatic carbocycles. The molecule has 1 aliphatic rings. The third-order valence-corrected chi connectivity index (χ3v) is 2.94. The topological polar surface area (TPSA) is 0 Å². The van der Waals surface area contributed by atoms with Gasteiger partial charge >= 0.3 is 0 Å². The second-order valence-corrected chi connectivity index (χ2v) is 3.67. The van der Waals surface area contributed by atoms with E-state index in [0.717, 1.165) is 11.8 Å². The minimum Gasteiger partial charge on any atom is -0.0776 e. The van der Waals surface area contributed by atoms with E-state index >= 15 is 0 Å². The molecule has 0 N–H and O–H groups in total. The van der Waals surface area contributed by atoms with Crippen molar-refractivity contribution in [1.29, 1.82) is 0 Å². The van der Waals surface area contributed by atoms with Gasteiger partial charge in [0.05, 0.1) is 0 Å². The minimum absolute atomic E-state index is 0. The summed E-state index contributed by atoms with van der Waals surface area (Å²) >= 11 is 0. The molecule has 0 heterocycles. The van der Waals surface area contributed by atoms with Gasteiger partial charge in [0, 0.05) is 0 Å². The van der Waals surface area contributed by atoms with Gasteiger partial charge in [-0.2, -0.15) is 0 Å². The van der Waals surface area contributed by atoms with Crippen LogP contribution in [0.3, 0.4) is 0 Å². The fourth-order valence-electron chi connectivity index (χ4n) is 1.99. The number of hydrogen-bond acceptors (Lipinski definition) is 0. The van der Waals surface area contributed by atoms with Gasteiger partial charge in [0.2, 0.25) is 0 Å². The standard InChI is InChI=1S/C11H14.CH4/c1-8-7-10-5-3-4-6-11(10)9(8)2;/h3-6,8-9H,7H2,1-2H3;1H4. The molecule has 1 aliphatic carbocycles. The van der Waals surface area contributed by atoms with Crippen molar-refractivity contribution >= 4 is 0 Å². The van der Waals surface area contributed by atoms with Crippen LogP contribution in [-0.2, 0) is 6.42 Å². The van der Waals surface area contributed by atoms with E-state index in [-0.39, 0.29) is 7.43 Å². The molecule has 0 spiro atoms. The molecular formula is C12H18. The van der Waals surface area contributed by atoms with E-state index < -0.39 is 0 Å². The van der Waals surface area contributed by atoms with Gasteiger partial charge in [0.1, 0.15) is 0 Å². The Kier molecular flexibility index (Phi) is 2.56. The van der Waals surface area contributed by atoms with Crippen molar-refractivity contribution in [2.75, 3.05) is 0 Å². The lowest BCUT2D eigenvalue weighted by Gasteiger charge is -2.08. The number of benzene rings is 1. The Balaban J connectivity index is 0.000000720. The maximum absolute atomic E-state index is 2.34. The fraction of sp³-hybridized carbons (Fsp3) is 0.500. The quantitative estimate of drug-likeness (QED) is 0.546. The lowest BCUT2D eigenvalue weighted by atomic mass is 9.97. The van der Waals surface area contributed by atoms with E-state index in [0.29, 0.717) is 0 Å². The predicted molar refractivity (Wildman–Crippen MR) is 54.5 cm³/mol. The SMILES string of the molecule is C.CC1Cc2ccccc2C1C. The van der Waals surface area contributed by atoms with Crippen LogP contribution in [0.2, 0.25) is 0 Å². The van der Waals surface area contributed by atoms with Crippen molar-refractivity contribution in [2.24, 2.45) is 5.92 Å². The lowest BCUT2D eigenvalue weighted by Crippen LogP contribution is -1.97. The third-order valence-electron chi connectivity index (χ3n) is 2.94. The normalized spacial score (nSPS) is 26.2. The van der Waals surface area contributed by atoms with Crippen molar-refractivity contribution in [3.05, 3.63) is 35.4 Å². The molecule has 12 heavy (non-hydrogen) atoms. The molecular weight excluding hydrogens is 144 g/mol. The van der Waals surface area contributed by atoms with Gasteiger partial charge in [-0.15, -0.1) is 0 Å². The van der Waals surface area contributed by atoms with Crippen LogP contribution in [0.5, 0.6) is 0 Å². The zero-order valence-electron chi connectivity index (χ0n) is 7.17. The zero-order chi connectivity index (χ0) is 7.84. The van der Waals surface area contributed by atoms with Crippen molar-refractivity contribution in [3.63, 3.8) is 0 Å². The number of fused-ring (bicyclic) bond motifs is 1. The molecule has 0 aliphatic heterocycles. The Morgan fingerprint density at radius 3 is 2.50 bits per heavy atom. The molecule has 1 aromatic rings. The average Bonchev–Trinajstić information content (AvgIpc) is 2.30. The summed E-state index contributed by atoms with van der Waals surface area (Å²) in [4.78, 5) is 0. The summed E-state index contributed by atoms with van der Waals surface area (Å²) in [6.45, 7) is 4.67. The van der Waals surface area contributed by atoms with Gasteiger partial charge in [-0.05, 0) is 29.4 Å². The first-order chi connectivity index (χ1) is 5.29. The summed E-state index contributed by atoms with van der Waals surface area (Å²) in [7, 11) is 0. The lowest BCUT2D eigenvalue weighted by molar-refractivity contribution is 0.532. The largest absolute Gasteiger partial charge is 0.0776 e. The molecule has 0 heteroatoms. The van der Waals surface area contributed by atoms with Crippen molar-refractivity contribution < 1.29 is 0 Å². The van der Waals surface area contributed by atoms with Crippen LogP contribution in [-0.4, -0.2) is 0 Å². The van der Waals surface area contributed by atoms with E-state index in [2.05, 4.69) is 38.1 Å². The smallest absolute Gasteiger partial charge is 0.0159 e. The van der Waals surface area contributed by atoms with Crippen LogP contribution in [0.1, 0.15) is 38.3 Å². The molecule has 0 saturated heterocycles. The molecule has 0 saturated carbocycles. The second-order valence-electron chi connectivity index (χ2n) is 3.67. The highest BCUT2D eigenvalue weighted by Gasteiger charge is 2.24. The van der Waals surface area contributed by atoms with E-state index in [9.17, 15) is 0 Å². The molecule has 0 amide bonds. The molecule has 0 fully saturated rings. The van der Waals surface area contributed by atoms with Crippen LogP contribution in [0, 0.1) is 5.92 Å². The Morgan fingerprint density at radius 2 is 1.83 bits per heavy atom. The maximum atomic E-state index is 2.34. The van der Waals surface area contributed by atoms with E-state index in [1.54, 1.807) is 11.1 Å². The number of rotatable bonds is 0. The summed E-state index contributed by atoms with van der Waals surface area (Å²) in [5.41, 5.74) is 3.13. The third kappa shape index (κ3) is 1.26. The van der Waals surface area contributed by atoms with Gasteiger partial charge in [-0.25, -0.2) is 0 Å². The van der Waals surface area contributed by atoms with E-state index in [1.165, 1.54) is 6.42 Å². The Hall–Kier alpha value is -0.780. The molecule has 66 valence electrons. The zero-order valence-corrected chi connectivity index (χ0v) is 7.17. The van der Waals surface area contributed by atoms with Gasteiger partial charge in [0.15, 0.2) is 0 Å². The maximum Gasteiger partial charge on any atom is -0.0159 e. The van der Waals surface area contributed by atoms with Crippen molar-refractivity contribution in [2.45, 2.75) is 33.6 Å². The van der Waals surface area contributed by atoms with Crippen molar-refractivity contribution in [3.8, 4) is 0 Å². The molecule has 0 radical (unpaired) electrons. The van der Waals surface area contributed by atoms with Gasteiger partial charge < -0.3 is 0 Å². The van der Waals surface area contributed by atoms with Crippen LogP contribution in [0.15, 0.2) is 24.3 Å². The molecule has 0 aromatic heterocycles. The molecule has 0 bridgehead atoms. The van der Waals surface area contributed by atoms with Gasteiger partial charge in [-0.3, -0.25) is 0 Å². The highest BCUT2D eigenvalue weighted by molar-refractivity contribution is 5.35. The van der Waals surface area contributed by atoms with E-state index in [1.807, 2.05) is 0 Å². The van der Waals surface area contributed by atoms with Crippen LogP contribution < -0.4 is 0 Å². The first-order valence-corrected chi connectivity index (χ1v) is 4.37. The highest BCUT2D eigenvalue weighted by Crippen LogP contribution is 2.36. The molecule has 2 unspecified atom stereocenters. The summed E-state index contributed by atoms with van der Waals surface area (Å²) in [6, 6.07) is 8.82. The Bertz CT molecular complexity index is 262.